The highest BCUT2D eigenvalue weighted by Gasteiger charge is 2.11. The second-order valence-corrected chi connectivity index (χ2v) is 4.05. The van der Waals surface area contributed by atoms with E-state index in [2.05, 4.69) is 22.9 Å². The van der Waals surface area contributed by atoms with Gasteiger partial charge in [0, 0.05) is 18.4 Å². The monoisotopic (exact) mass is 190 g/mol. The summed E-state index contributed by atoms with van der Waals surface area (Å²) in [7, 11) is 0. The lowest BCUT2D eigenvalue weighted by molar-refractivity contribution is 0.343. The lowest BCUT2D eigenvalue weighted by atomic mass is 10.1. The van der Waals surface area contributed by atoms with Crippen molar-refractivity contribution in [3.63, 3.8) is 0 Å². The Balaban J connectivity index is 1.88. The van der Waals surface area contributed by atoms with Gasteiger partial charge in [0.1, 0.15) is 0 Å². The van der Waals surface area contributed by atoms with Crippen LogP contribution in [0.15, 0.2) is 18.3 Å². The fourth-order valence-corrected chi connectivity index (χ4v) is 2.07. The van der Waals surface area contributed by atoms with Crippen molar-refractivity contribution in [3.8, 4) is 0 Å². The average Bonchev–Trinajstić information content (AvgIpc) is 2.69. The van der Waals surface area contributed by atoms with Gasteiger partial charge >= 0.3 is 0 Å². The van der Waals surface area contributed by atoms with E-state index in [-0.39, 0.29) is 0 Å². The third-order valence-electron chi connectivity index (χ3n) is 3.01. The zero-order chi connectivity index (χ0) is 9.80. The molecule has 1 fully saturated rings. The van der Waals surface area contributed by atoms with Crippen LogP contribution in [0.25, 0.3) is 0 Å². The number of rotatable bonds is 3. The highest BCUT2D eigenvalue weighted by Crippen LogP contribution is 2.10. The van der Waals surface area contributed by atoms with E-state index >= 15 is 0 Å². The van der Waals surface area contributed by atoms with E-state index in [0.29, 0.717) is 0 Å². The number of pyridine rings is 1. The Morgan fingerprint density at radius 2 is 2.14 bits per heavy atom. The molecular formula is C12H18N2. The summed E-state index contributed by atoms with van der Waals surface area (Å²) in [6, 6.07) is 4.23. The molecule has 0 aliphatic carbocycles. The molecule has 14 heavy (non-hydrogen) atoms. The quantitative estimate of drug-likeness (QED) is 0.725. The van der Waals surface area contributed by atoms with Crippen molar-refractivity contribution in [1.29, 1.82) is 0 Å². The van der Waals surface area contributed by atoms with E-state index < -0.39 is 0 Å². The molecule has 2 rings (SSSR count). The first-order valence-electron chi connectivity index (χ1n) is 5.49. The van der Waals surface area contributed by atoms with Crippen LogP contribution in [0.2, 0.25) is 0 Å². The molecule has 1 aliphatic rings. The molecule has 1 aromatic rings. The van der Waals surface area contributed by atoms with Crippen molar-refractivity contribution >= 4 is 0 Å². The van der Waals surface area contributed by atoms with Gasteiger partial charge in [-0.15, -0.1) is 0 Å². The Morgan fingerprint density at radius 3 is 2.86 bits per heavy atom. The Bertz CT molecular complexity index is 290. The van der Waals surface area contributed by atoms with Crippen molar-refractivity contribution in [1.82, 2.24) is 9.88 Å². The highest BCUT2D eigenvalue weighted by atomic mass is 15.1. The maximum absolute atomic E-state index is 4.31. The van der Waals surface area contributed by atoms with E-state index in [0.717, 1.165) is 6.42 Å². The maximum Gasteiger partial charge on any atom is 0.0405 e. The molecule has 1 saturated heterocycles. The van der Waals surface area contributed by atoms with Crippen LogP contribution in [0.1, 0.15) is 24.1 Å². The molecule has 0 atom stereocenters. The average molecular weight is 190 g/mol. The van der Waals surface area contributed by atoms with Crippen LogP contribution in [0, 0.1) is 6.92 Å². The first-order valence-corrected chi connectivity index (χ1v) is 5.49. The number of likely N-dealkylation sites (tertiary alicyclic amines) is 1. The predicted molar refractivity (Wildman–Crippen MR) is 58.4 cm³/mol. The molecule has 0 saturated carbocycles. The first-order chi connectivity index (χ1) is 6.86. The topological polar surface area (TPSA) is 16.1 Å². The Hall–Kier alpha value is -0.890. The molecule has 76 valence electrons. The second-order valence-electron chi connectivity index (χ2n) is 4.05. The zero-order valence-electron chi connectivity index (χ0n) is 8.87. The van der Waals surface area contributed by atoms with Crippen LogP contribution < -0.4 is 0 Å². The van der Waals surface area contributed by atoms with Crippen LogP contribution in [0.5, 0.6) is 0 Å². The van der Waals surface area contributed by atoms with E-state index in [1.54, 1.807) is 0 Å². The molecule has 1 aromatic heterocycles. The minimum absolute atomic E-state index is 1.15. The van der Waals surface area contributed by atoms with Crippen molar-refractivity contribution in [2.45, 2.75) is 26.2 Å². The third-order valence-corrected chi connectivity index (χ3v) is 3.01. The summed E-state index contributed by atoms with van der Waals surface area (Å²) >= 11 is 0. The largest absolute Gasteiger partial charge is 0.303 e. The normalized spacial score (nSPS) is 17.5. The molecule has 1 aliphatic heterocycles. The van der Waals surface area contributed by atoms with E-state index in [1.807, 2.05) is 12.3 Å². The molecule has 0 bridgehead atoms. The van der Waals surface area contributed by atoms with Crippen molar-refractivity contribution in [3.05, 3.63) is 29.6 Å². The molecule has 0 amide bonds. The molecule has 2 heteroatoms. The van der Waals surface area contributed by atoms with Gasteiger partial charge in [0.05, 0.1) is 0 Å². The van der Waals surface area contributed by atoms with E-state index in [4.69, 9.17) is 0 Å². The van der Waals surface area contributed by atoms with Gasteiger partial charge in [-0.05, 0) is 50.9 Å². The van der Waals surface area contributed by atoms with Gasteiger partial charge in [0.15, 0.2) is 0 Å². The number of aromatic nitrogens is 1. The lowest BCUT2D eigenvalue weighted by Gasteiger charge is -2.14. The molecule has 0 aromatic carbocycles. The standard InChI is InChI=1S/C12H18N2/c1-11-12(5-4-7-13-11)6-10-14-8-2-3-9-14/h4-5,7H,2-3,6,8-10H2,1H3. The van der Waals surface area contributed by atoms with Crippen LogP contribution in [-0.4, -0.2) is 29.5 Å². The fraction of sp³-hybridized carbons (Fsp3) is 0.583. The molecule has 0 spiro atoms. The summed E-state index contributed by atoms with van der Waals surface area (Å²) < 4.78 is 0. The molecule has 0 radical (unpaired) electrons. The first kappa shape index (κ1) is 9.66. The van der Waals surface area contributed by atoms with Crippen LogP contribution in [0.3, 0.4) is 0 Å². The Morgan fingerprint density at radius 1 is 1.36 bits per heavy atom. The van der Waals surface area contributed by atoms with Gasteiger partial charge in [0.25, 0.3) is 0 Å². The fourth-order valence-electron chi connectivity index (χ4n) is 2.07. The molecule has 2 heterocycles. The number of aryl methyl sites for hydroxylation is 1. The van der Waals surface area contributed by atoms with Crippen molar-refractivity contribution < 1.29 is 0 Å². The molecule has 0 unspecified atom stereocenters. The van der Waals surface area contributed by atoms with Gasteiger partial charge in [-0.3, -0.25) is 4.98 Å². The van der Waals surface area contributed by atoms with Crippen LogP contribution >= 0.6 is 0 Å². The SMILES string of the molecule is Cc1ncccc1CCN1CCCC1. The predicted octanol–water partition coefficient (Wildman–Crippen LogP) is 2.03. The zero-order valence-corrected chi connectivity index (χ0v) is 8.87. The Kier molecular flexibility index (Phi) is 3.14. The van der Waals surface area contributed by atoms with Crippen molar-refractivity contribution in [2.24, 2.45) is 0 Å². The molecule has 2 nitrogen and oxygen atoms in total. The molecular weight excluding hydrogens is 172 g/mol. The molecule has 0 N–H and O–H groups in total. The Labute approximate surface area is 86.0 Å². The van der Waals surface area contributed by atoms with Crippen molar-refractivity contribution in [2.75, 3.05) is 19.6 Å². The summed E-state index contributed by atoms with van der Waals surface area (Å²) in [4.78, 5) is 6.85. The van der Waals surface area contributed by atoms with Gasteiger partial charge < -0.3 is 4.90 Å². The summed E-state index contributed by atoms with van der Waals surface area (Å²) in [5.74, 6) is 0. The maximum atomic E-state index is 4.31. The smallest absolute Gasteiger partial charge is 0.0405 e. The van der Waals surface area contributed by atoms with Gasteiger partial charge in [0.2, 0.25) is 0 Å². The van der Waals surface area contributed by atoms with Gasteiger partial charge in [-0.1, -0.05) is 6.07 Å². The second kappa shape index (κ2) is 4.56. The summed E-state index contributed by atoms with van der Waals surface area (Å²) in [5, 5.41) is 0. The highest BCUT2D eigenvalue weighted by molar-refractivity contribution is 5.18. The van der Waals surface area contributed by atoms with Gasteiger partial charge in [-0.2, -0.15) is 0 Å². The third kappa shape index (κ3) is 2.32. The number of hydrogen-bond donors (Lipinski definition) is 0. The minimum Gasteiger partial charge on any atom is -0.303 e. The number of nitrogens with zero attached hydrogens (tertiary/aromatic N) is 2. The van der Waals surface area contributed by atoms with Crippen LogP contribution in [-0.2, 0) is 6.42 Å². The van der Waals surface area contributed by atoms with E-state index in [9.17, 15) is 0 Å². The minimum atomic E-state index is 1.15. The van der Waals surface area contributed by atoms with Gasteiger partial charge in [-0.25, -0.2) is 0 Å². The summed E-state index contributed by atoms with van der Waals surface area (Å²) in [5.41, 5.74) is 2.59. The summed E-state index contributed by atoms with van der Waals surface area (Å²) in [6.07, 6.45) is 5.78. The number of hydrogen-bond acceptors (Lipinski definition) is 2. The summed E-state index contributed by atoms with van der Waals surface area (Å²) in [6.45, 7) is 5.88. The lowest BCUT2D eigenvalue weighted by Crippen LogP contribution is -2.22. The van der Waals surface area contributed by atoms with E-state index in [1.165, 1.54) is 43.7 Å². The van der Waals surface area contributed by atoms with Crippen LogP contribution in [0.4, 0.5) is 0 Å².